The highest BCUT2D eigenvalue weighted by Crippen LogP contribution is 2.16. The lowest BCUT2D eigenvalue weighted by molar-refractivity contribution is -0.0212. The molecule has 1 heterocycles. The molecule has 0 aliphatic heterocycles. The van der Waals surface area contributed by atoms with Crippen LogP contribution in [0.25, 0.3) is 5.57 Å². The normalized spacial score (nSPS) is 10.5. The molecular formula is C9H10O4. The Morgan fingerprint density at radius 3 is 2.62 bits per heavy atom. The molecular weight excluding hydrogens is 172 g/mol. The Morgan fingerprint density at radius 2 is 2.23 bits per heavy atom. The molecule has 0 fully saturated rings. The van der Waals surface area contributed by atoms with Crippen molar-refractivity contribution in [3.05, 3.63) is 30.2 Å². The maximum Gasteiger partial charge on any atom is 0.253 e. The van der Waals surface area contributed by atoms with Crippen LogP contribution in [-0.4, -0.2) is 22.3 Å². The van der Waals surface area contributed by atoms with Gasteiger partial charge < -0.3 is 14.6 Å². The lowest BCUT2D eigenvalue weighted by atomic mass is 10.1. The maximum atomic E-state index is 11.0. The number of carbonyl (C=O) groups excluding carboxylic acids is 1. The van der Waals surface area contributed by atoms with Crippen molar-refractivity contribution < 1.29 is 19.4 Å². The number of Topliss-reactive ketones (excluding diaryl/α,β-unsaturated/α-hetero) is 1. The number of carbonyl (C=O) groups is 1. The first-order chi connectivity index (χ1) is 6.02. The van der Waals surface area contributed by atoms with E-state index in [1.54, 1.807) is 6.92 Å². The van der Waals surface area contributed by atoms with Crippen molar-refractivity contribution in [1.29, 1.82) is 0 Å². The lowest BCUT2D eigenvalue weighted by Crippen LogP contribution is -2.18. The molecule has 0 saturated heterocycles. The summed E-state index contributed by atoms with van der Waals surface area (Å²) in [6.45, 7) is 5.41. The van der Waals surface area contributed by atoms with E-state index >= 15 is 0 Å². The number of allylic oxidation sites excluding steroid dienone is 1. The summed E-state index contributed by atoms with van der Waals surface area (Å²) in [5, 5.41) is 17.1. The van der Waals surface area contributed by atoms with Crippen molar-refractivity contribution in [1.82, 2.24) is 0 Å². The monoisotopic (exact) mass is 182 g/mol. The molecule has 1 aromatic heterocycles. The molecule has 0 aliphatic carbocycles. The maximum absolute atomic E-state index is 11.0. The van der Waals surface area contributed by atoms with E-state index in [2.05, 4.69) is 6.58 Å². The number of hydrogen-bond acceptors (Lipinski definition) is 4. The van der Waals surface area contributed by atoms with Gasteiger partial charge in [-0.25, -0.2) is 0 Å². The minimum atomic E-state index is -2.02. The van der Waals surface area contributed by atoms with E-state index in [0.29, 0.717) is 5.56 Å². The molecule has 0 saturated carbocycles. The Labute approximate surface area is 75.1 Å². The molecule has 0 bridgehead atoms. The van der Waals surface area contributed by atoms with Crippen LogP contribution in [0.5, 0.6) is 0 Å². The molecule has 13 heavy (non-hydrogen) atoms. The fraction of sp³-hybridized carbons (Fsp3) is 0.222. The molecule has 2 N–H and O–H groups in total. The van der Waals surface area contributed by atoms with E-state index < -0.39 is 12.1 Å². The van der Waals surface area contributed by atoms with Crippen LogP contribution >= 0.6 is 0 Å². The SMILES string of the molecule is C=C(C)c1coc(C(=O)C(O)O)c1. The lowest BCUT2D eigenvalue weighted by Gasteiger charge is -1.96. The topological polar surface area (TPSA) is 70.7 Å². The highest BCUT2D eigenvalue weighted by molar-refractivity contribution is 5.96. The second-order valence-electron chi connectivity index (χ2n) is 2.72. The molecule has 0 aromatic carbocycles. The van der Waals surface area contributed by atoms with Gasteiger partial charge in [-0.15, -0.1) is 0 Å². The van der Waals surface area contributed by atoms with E-state index in [1.165, 1.54) is 12.3 Å². The van der Waals surface area contributed by atoms with Gasteiger partial charge in [-0.1, -0.05) is 6.58 Å². The van der Waals surface area contributed by atoms with E-state index in [9.17, 15) is 4.79 Å². The Bertz CT molecular complexity index is 335. The van der Waals surface area contributed by atoms with E-state index in [0.717, 1.165) is 5.57 Å². The third kappa shape index (κ3) is 2.05. The average molecular weight is 182 g/mol. The van der Waals surface area contributed by atoms with Gasteiger partial charge in [-0.05, 0) is 18.6 Å². The fourth-order valence-corrected chi connectivity index (χ4v) is 0.816. The standard InChI is InChI=1S/C9H10O4/c1-5(2)6-3-7(13-4-6)8(10)9(11)12/h3-4,9,11-12H,1H2,2H3. The zero-order valence-electron chi connectivity index (χ0n) is 7.15. The van der Waals surface area contributed by atoms with Crippen molar-refractivity contribution in [3.63, 3.8) is 0 Å². The summed E-state index contributed by atoms with van der Waals surface area (Å²) in [4.78, 5) is 11.0. The summed E-state index contributed by atoms with van der Waals surface area (Å²) in [5.74, 6) is -0.930. The molecule has 0 amide bonds. The fourth-order valence-electron chi connectivity index (χ4n) is 0.816. The summed E-state index contributed by atoms with van der Waals surface area (Å²) in [7, 11) is 0. The van der Waals surface area contributed by atoms with Gasteiger partial charge in [-0.3, -0.25) is 4.79 Å². The Kier molecular flexibility index (Phi) is 2.65. The zero-order chi connectivity index (χ0) is 10.0. The number of hydrogen-bond donors (Lipinski definition) is 2. The molecule has 70 valence electrons. The second kappa shape index (κ2) is 3.55. The molecule has 1 rings (SSSR count). The largest absolute Gasteiger partial charge is 0.460 e. The van der Waals surface area contributed by atoms with Gasteiger partial charge in [0.15, 0.2) is 5.76 Å². The third-order valence-electron chi connectivity index (χ3n) is 1.57. The minimum Gasteiger partial charge on any atom is -0.460 e. The first kappa shape index (κ1) is 9.70. The molecule has 1 aromatic rings. The molecule has 0 radical (unpaired) electrons. The highest BCUT2D eigenvalue weighted by Gasteiger charge is 2.17. The molecule has 0 atom stereocenters. The van der Waals surface area contributed by atoms with Crippen LogP contribution in [0.2, 0.25) is 0 Å². The summed E-state index contributed by atoms with van der Waals surface area (Å²) in [6.07, 6.45) is -0.679. The van der Waals surface area contributed by atoms with Crippen LogP contribution in [0, 0.1) is 0 Å². The van der Waals surface area contributed by atoms with Crippen molar-refractivity contribution in [2.24, 2.45) is 0 Å². The van der Waals surface area contributed by atoms with E-state index in [1.807, 2.05) is 0 Å². The van der Waals surface area contributed by atoms with Crippen LogP contribution in [-0.2, 0) is 0 Å². The van der Waals surface area contributed by atoms with Gasteiger partial charge in [0, 0.05) is 5.56 Å². The Morgan fingerprint density at radius 1 is 1.62 bits per heavy atom. The number of furan rings is 1. The van der Waals surface area contributed by atoms with Gasteiger partial charge in [0.25, 0.3) is 5.78 Å². The average Bonchev–Trinajstić information content (AvgIpc) is 2.50. The van der Waals surface area contributed by atoms with Crippen molar-refractivity contribution in [3.8, 4) is 0 Å². The minimum absolute atomic E-state index is 0.0759. The van der Waals surface area contributed by atoms with Gasteiger partial charge >= 0.3 is 0 Å². The third-order valence-corrected chi connectivity index (χ3v) is 1.57. The van der Waals surface area contributed by atoms with Gasteiger partial charge in [-0.2, -0.15) is 0 Å². The number of rotatable bonds is 3. The van der Waals surface area contributed by atoms with Crippen LogP contribution in [0.1, 0.15) is 23.0 Å². The number of aliphatic hydroxyl groups excluding tert-OH is 1. The molecule has 0 spiro atoms. The molecule has 0 unspecified atom stereocenters. The zero-order valence-corrected chi connectivity index (χ0v) is 7.15. The summed E-state index contributed by atoms with van der Waals surface area (Å²) in [5.41, 5.74) is 1.42. The molecule has 4 nitrogen and oxygen atoms in total. The van der Waals surface area contributed by atoms with Gasteiger partial charge in [0.2, 0.25) is 6.29 Å². The van der Waals surface area contributed by atoms with E-state index in [4.69, 9.17) is 14.6 Å². The van der Waals surface area contributed by atoms with Crippen LogP contribution in [0.15, 0.2) is 23.3 Å². The van der Waals surface area contributed by atoms with Crippen molar-refractivity contribution in [2.45, 2.75) is 13.2 Å². The smallest absolute Gasteiger partial charge is 0.253 e. The van der Waals surface area contributed by atoms with Crippen LogP contribution in [0.4, 0.5) is 0 Å². The second-order valence-corrected chi connectivity index (χ2v) is 2.72. The van der Waals surface area contributed by atoms with Crippen LogP contribution in [0.3, 0.4) is 0 Å². The highest BCUT2D eigenvalue weighted by atomic mass is 16.5. The van der Waals surface area contributed by atoms with Gasteiger partial charge in [0.05, 0.1) is 6.26 Å². The molecule has 0 aliphatic rings. The number of ketones is 1. The summed E-state index contributed by atoms with van der Waals surface area (Å²) in [6, 6.07) is 1.42. The quantitative estimate of drug-likeness (QED) is 0.536. The van der Waals surface area contributed by atoms with Gasteiger partial charge in [0.1, 0.15) is 0 Å². The Hall–Kier alpha value is -1.39. The Balaban J connectivity index is 2.92. The molecule has 4 heteroatoms. The van der Waals surface area contributed by atoms with Crippen molar-refractivity contribution in [2.75, 3.05) is 0 Å². The summed E-state index contributed by atoms with van der Waals surface area (Å²) >= 11 is 0. The van der Waals surface area contributed by atoms with Crippen molar-refractivity contribution >= 4 is 11.4 Å². The van der Waals surface area contributed by atoms with E-state index in [-0.39, 0.29) is 5.76 Å². The number of aliphatic hydroxyl groups is 2. The summed E-state index contributed by atoms with van der Waals surface area (Å²) < 4.78 is 4.82. The first-order valence-electron chi connectivity index (χ1n) is 3.67. The first-order valence-corrected chi connectivity index (χ1v) is 3.67. The van der Waals surface area contributed by atoms with Crippen LogP contribution < -0.4 is 0 Å². The predicted molar refractivity (Wildman–Crippen MR) is 46.0 cm³/mol. The predicted octanol–water partition coefficient (Wildman–Crippen LogP) is 0.806.